The van der Waals surface area contributed by atoms with Crippen LogP contribution in [-0.4, -0.2) is 43.1 Å². The van der Waals surface area contributed by atoms with Crippen LogP contribution in [0.25, 0.3) is 0 Å². The van der Waals surface area contributed by atoms with E-state index in [0.29, 0.717) is 5.75 Å². The fourth-order valence-corrected chi connectivity index (χ4v) is 2.19. The van der Waals surface area contributed by atoms with Crippen LogP contribution in [0.5, 0.6) is 5.75 Å². The standard InChI is InChI=1S/C12H19BrN2O/c1-14(2)7-9-5-11(13)6-10(12(9)16)8-15(3)4/h5-6,16H,7-8H2,1-4H3. The lowest BCUT2D eigenvalue weighted by Gasteiger charge is -2.17. The zero-order valence-electron chi connectivity index (χ0n) is 10.3. The van der Waals surface area contributed by atoms with Gasteiger partial charge in [-0.05, 0) is 40.3 Å². The Balaban J connectivity index is 3.05. The summed E-state index contributed by atoms with van der Waals surface area (Å²) in [5.41, 5.74) is 1.91. The van der Waals surface area contributed by atoms with Crippen LogP contribution in [0.1, 0.15) is 11.1 Å². The first-order valence-corrected chi connectivity index (χ1v) is 5.99. The van der Waals surface area contributed by atoms with Crippen LogP contribution >= 0.6 is 15.9 Å². The highest BCUT2D eigenvalue weighted by Gasteiger charge is 2.10. The van der Waals surface area contributed by atoms with Gasteiger partial charge in [-0.2, -0.15) is 0 Å². The molecule has 0 bridgehead atoms. The summed E-state index contributed by atoms with van der Waals surface area (Å²) in [6.07, 6.45) is 0. The first-order chi connectivity index (χ1) is 7.40. The minimum absolute atomic E-state index is 0.408. The molecule has 0 spiro atoms. The highest BCUT2D eigenvalue weighted by molar-refractivity contribution is 9.10. The molecule has 0 aliphatic rings. The van der Waals surface area contributed by atoms with Gasteiger partial charge in [-0.15, -0.1) is 0 Å². The fourth-order valence-electron chi connectivity index (χ4n) is 1.64. The van der Waals surface area contributed by atoms with Crippen LogP contribution in [0.15, 0.2) is 16.6 Å². The molecule has 3 nitrogen and oxygen atoms in total. The Labute approximate surface area is 106 Å². The molecule has 90 valence electrons. The van der Waals surface area contributed by atoms with Crippen molar-refractivity contribution in [3.63, 3.8) is 0 Å². The van der Waals surface area contributed by atoms with Crippen molar-refractivity contribution < 1.29 is 5.11 Å². The molecule has 0 heterocycles. The van der Waals surface area contributed by atoms with E-state index in [0.717, 1.165) is 28.7 Å². The number of phenols is 1. The average molecular weight is 287 g/mol. The number of nitrogens with zero attached hydrogens (tertiary/aromatic N) is 2. The van der Waals surface area contributed by atoms with Gasteiger partial charge in [-0.25, -0.2) is 0 Å². The first kappa shape index (κ1) is 13.5. The minimum Gasteiger partial charge on any atom is -0.507 e. The summed E-state index contributed by atoms with van der Waals surface area (Å²) in [6, 6.07) is 3.93. The number of halogens is 1. The number of aromatic hydroxyl groups is 1. The van der Waals surface area contributed by atoms with Crippen molar-refractivity contribution in [2.24, 2.45) is 0 Å². The fraction of sp³-hybridized carbons (Fsp3) is 0.500. The highest BCUT2D eigenvalue weighted by Crippen LogP contribution is 2.28. The molecule has 0 radical (unpaired) electrons. The lowest BCUT2D eigenvalue weighted by atomic mass is 10.1. The molecule has 0 amide bonds. The van der Waals surface area contributed by atoms with Crippen LogP contribution in [0.4, 0.5) is 0 Å². The van der Waals surface area contributed by atoms with Gasteiger partial charge in [0.05, 0.1) is 0 Å². The third kappa shape index (κ3) is 3.77. The normalized spacial score (nSPS) is 11.4. The van der Waals surface area contributed by atoms with E-state index in [1.165, 1.54) is 0 Å². The number of benzene rings is 1. The molecule has 1 rings (SSSR count). The monoisotopic (exact) mass is 286 g/mol. The van der Waals surface area contributed by atoms with Crippen molar-refractivity contribution in [2.45, 2.75) is 13.1 Å². The van der Waals surface area contributed by atoms with E-state index >= 15 is 0 Å². The van der Waals surface area contributed by atoms with Gasteiger partial charge >= 0.3 is 0 Å². The predicted octanol–water partition coefficient (Wildman–Crippen LogP) is 2.28. The van der Waals surface area contributed by atoms with E-state index in [1.807, 2.05) is 50.1 Å². The molecule has 1 N–H and O–H groups in total. The largest absolute Gasteiger partial charge is 0.507 e. The van der Waals surface area contributed by atoms with Crippen molar-refractivity contribution in [3.8, 4) is 5.75 Å². The predicted molar refractivity (Wildman–Crippen MR) is 70.6 cm³/mol. The SMILES string of the molecule is CN(C)Cc1cc(Br)cc(CN(C)C)c1O. The third-order valence-electron chi connectivity index (χ3n) is 2.21. The Morgan fingerprint density at radius 2 is 1.38 bits per heavy atom. The Morgan fingerprint density at radius 3 is 1.69 bits per heavy atom. The topological polar surface area (TPSA) is 26.7 Å². The molecular formula is C12H19BrN2O. The molecule has 4 heteroatoms. The van der Waals surface area contributed by atoms with Crippen LogP contribution in [0.3, 0.4) is 0 Å². The molecule has 0 saturated heterocycles. The average Bonchev–Trinajstić information content (AvgIpc) is 2.11. The van der Waals surface area contributed by atoms with Crippen molar-refractivity contribution in [1.82, 2.24) is 9.80 Å². The molecule has 16 heavy (non-hydrogen) atoms. The molecule has 0 atom stereocenters. The Kier molecular flexibility index (Phi) is 4.77. The van der Waals surface area contributed by atoms with Crippen LogP contribution < -0.4 is 0 Å². The number of rotatable bonds is 4. The van der Waals surface area contributed by atoms with Crippen LogP contribution in [-0.2, 0) is 13.1 Å². The summed E-state index contributed by atoms with van der Waals surface area (Å²) in [5.74, 6) is 0.408. The van der Waals surface area contributed by atoms with E-state index in [2.05, 4.69) is 15.9 Å². The molecule has 0 aliphatic carbocycles. The van der Waals surface area contributed by atoms with Gasteiger partial charge in [0.1, 0.15) is 5.75 Å². The van der Waals surface area contributed by atoms with Gasteiger partial charge in [-0.3, -0.25) is 0 Å². The van der Waals surface area contributed by atoms with Crippen LogP contribution in [0.2, 0.25) is 0 Å². The molecule has 0 saturated carbocycles. The van der Waals surface area contributed by atoms with Crippen molar-refractivity contribution in [2.75, 3.05) is 28.2 Å². The maximum absolute atomic E-state index is 10.1. The van der Waals surface area contributed by atoms with E-state index in [4.69, 9.17) is 0 Å². The Bertz CT molecular complexity index is 333. The van der Waals surface area contributed by atoms with Crippen LogP contribution in [0, 0.1) is 0 Å². The van der Waals surface area contributed by atoms with E-state index < -0.39 is 0 Å². The van der Waals surface area contributed by atoms with Gasteiger partial charge in [0.25, 0.3) is 0 Å². The zero-order valence-corrected chi connectivity index (χ0v) is 11.9. The Morgan fingerprint density at radius 1 is 1.00 bits per heavy atom. The molecule has 1 aromatic rings. The molecule has 0 fully saturated rings. The second kappa shape index (κ2) is 5.66. The smallest absolute Gasteiger partial charge is 0.124 e. The number of hydrogen-bond donors (Lipinski definition) is 1. The maximum Gasteiger partial charge on any atom is 0.124 e. The molecule has 0 aliphatic heterocycles. The van der Waals surface area contributed by atoms with Gasteiger partial charge < -0.3 is 14.9 Å². The third-order valence-corrected chi connectivity index (χ3v) is 2.66. The first-order valence-electron chi connectivity index (χ1n) is 5.20. The summed E-state index contributed by atoms with van der Waals surface area (Å²) in [4.78, 5) is 4.09. The lowest BCUT2D eigenvalue weighted by Crippen LogP contribution is -2.13. The quantitative estimate of drug-likeness (QED) is 0.920. The molecular weight excluding hydrogens is 268 g/mol. The summed E-state index contributed by atoms with van der Waals surface area (Å²) < 4.78 is 1.01. The second-order valence-corrected chi connectivity index (χ2v) is 5.46. The zero-order chi connectivity index (χ0) is 12.3. The summed E-state index contributed by atoms with van der Waals surface area (Å²) in [6.45, 7) is 1.48. The summed E-state index contributed by atoms with van der Waals surface area (Å²) in [5, 5.41) is 10.1. The van der Waals surface area contributed by atoms with Gasteiger partial charge in [0.2, 0.25) is 0 Å². The molecule has 1 aromatic carbocycles. The summed E-state index contributed by atoms with van der Waals surface area (Å²) >= 11 is 3.48. The van der Waals surface area contributed by atoms with Crippen molar-refractivity contribution in [1.29, 1.82) is 0 Å². The van der Waals surface area contributed by atoms with Gasteiger partial charge in [0.15, 0.2) is 0 Å². The van der Waals surface area contributed by atoms with Crippen molar-refractivity contribution >= 4 is 15.9 Å². The second-order valence-electron chi connectivity index (χ2n) is 4.55. The van der Waals surface area contributed by atoms with Crippen molar-refractivity contribution in [3.05, 3.63) is 27.7 Å². The summed E-state index contributed by atoms with van der Waals surface area (Å²) in [7, 11) is 7.97. The number of phenolic OH excluding ortho intramolecular Hbond substituents is 1. The number of hydrogen-bond acceptors (Lipinski definition) is 3. The maximum atomic E-state index is 10.1. The Hall–Kier alpha value is -0.580. The molecule has 0 unspecified atom stereocenters. The van der Waals surface area contributed by atoms with E-state index in [1.54, 1.807) is 0 Å². The highest BCUT2D eigenvalue weighted by atomic mass is 79.9. The minimum atomic E-state index is 0.408. The van der Waals surface area contributed by atoms with Gasteiger partial charge in [0, 0.05) is 28.7 Å². The lowest BCUT2D eigenvalue weighted by molar-refractivity contribution is 0.368. The van der Waals surface area contributed by atoms with Gasteiger partial charge in [-0.1, -0.05) is 15.9 Å². The molecule has 0 aromatic heterocycles. The van der Waals surface area contributed by atoms with E-state index in [9.17, 15) is 5.11 Å². The van der Waals surface area contributed by atoms with E-state index in [-0.39, 0.29) is 0 Å².